The molecule has 2 rings (SSSR count). The van der Waals surface area contributed by atoms with Gasteiger partial charge in [0.2, 0.25) is 10.0 Å². The second-order valence-electron chi connectivity index (χ2n) is 6.11. The van der Waals surface area contributed by atoms with Gasteiger partial charge in [-0.2, -0.15) is 0 Å². The van der Waals surface area contributed by atoms with E-state index in [1.54, 1.807) is 4.90 Å². The molecule has 1 saturated heterocycles. The van der Waals surface area contributed by atoms with E-state index in [0.29, 0.717) is 13.0 Å². The molecule has 7 heteroatoms. The van der Waals surface area contributed by atoms with Crippen molar-refractivity contribution in [3.63, 3.8) is 0 Å². The zero-order chi connectivity index (χ0) is 15.6. The van der Waals surface area contributed by atoms with Gasteiger partial charge in [0.25, 0.3) is 0 Å². The van der Waals surface area contributed by atoms with Gasteiger partial charge in [-0.1, -0.05) is 13.8 Å². The first-order valence-corrected chi connectivity index (χ1v) is 9.40. The maximum Gasteiger partial charge on any atom is 0.410 e. The Morgan fingerprint density at radius 3 is 2.57 bits per heavy atom. The lowest BCUT2D eigenvalue weighted by molar-refractivity contribution is 0.0643. The number of carbonyl (C=O) groups excluding carboxylic acids is 1. The number of likely N-dealkylation sites (tertiary alicyclic amines) is 1. The first-order valence-electron chi connectivity index (χ1n) is 7.85. The van der Waals surface area contributed by atoms with Gasteiger partial charge >= 0.3 is 6.09 Å². The van der Waals surface area contributed by atoms with Crippen molar-refractivity contribution in [3.05, 3.63) is 0 Å². The molecule has 1 unspecified atom stereocenters. The first-order chi connectivity index (χ1) is 9.87. The van der Waals surface area contributed by atoms with E-state index < -0.39 is 10.0 Å². The number of sulfonamides is 1. The monoisotopic (exact) mass is 318 g/mol. The Morgan fingerprint density at radius 2 is 2.05 bits per heavy atom. The molecular weight excluding hydrogens is 292 g/mol. The highest BCUT2D eigenvalue weighted by Gasteiger charge is 2.41. The molecule has 3 atom stereocenters. The SMILES string of the molecule is CCC(C)OC(=O)N1C[C@@H](NS(=O)(=O)C2CC2)C[C@H]1CC. The molecule has 2 aliphatic rings. The Hall–Kier alpha value is -0.820. The molecule has 6 nitrogen and oxygen atoms in total. The van der Waals surface area contributed by atoms with Gasteiger partial charge in [-0.15, -0.1) is 0 Å². The predicted molar refractivity (Wildman–Crippen MR) is 80.5 cm³/mol. The summed E-state index contributed by atoms with van der Waals surface area (Å²) in [5.74, 6) is 0. The Morgan fingerprint density at radius 1 is 1.38 bits per heavy atom. The average Bonchev–Trinajstić information content (AvgIpc) is 3.21. The summed E-state index contributed by atoms with van der Waals surface area (Å²) in [6.07, 6.45) is 3.29. The van der Waals surface area contributed by atoms with E-state index in [1.807, 2.05) is 20.8 Å². The topological polar surface area (TPSA) is 75.7 Å². The highest BCUT2D eigenvalue weighted by molar-refractivity contribution is 7.90. The molecule has 0 aromatic heterocycles. The number of nitrogens with zero attached hydrogens (tertiary/aromatic N) is 1. The fourth-order valence-electron chi connectivity index (χ4n) is 2.64. The molecule has 21 heavy (non-hydrogen) atoms. The molecule has 1 amide bonds. The molecule has 2 fully saturated rings. The lowest BCUT2D eigenvalue weighted by Gasteiger charge is -2.24. The number of rotatable bonds is 6. The van der Waals surface area contributed by atoms with E-state index in [-0.39, 0.29) is 29.5 Å². The van der Waals surface area contributed by atoms with E-state index in [9.17, 15) is 13.2 Å². The molecule has 1 saturated carbocycles. The molecule has 1 N–H and O–H groups in total. The summed E-state index contributed by atoms with van der Waals surface area (Å²) in [4.78, 5) is 13.8. The van der Waals surface area contributed by atoms with Crippen molar-refractivity contribution >= 4 is 16.1 Å². The van der Waals surface area contributed by atoms with Crippen LogP contribution in [0, 0.1) is 0 Å². The zero-order valence-electron chi connectivity index (χ0n) is 13.0. The smallest absolute Gasteiger partial charge is 0.410 e. The van der Waals surface area contributed by atoms with E-state index >= 15 is 0 Å². The largest absolute Gasteiger partial charge is 0.446 e. The van der Waals surface area contributed by atoms with Crippen LogP contribution in [0.3, 0.4) is 0 Å². The van der Waals surface area contributed by atoms with E-state index in [0.717, 1.165) is 25.7 Å². The second-order valence-corrected chi connectivity index (χ2v) is 8.10. The second kappa shape index (κ2) is 6.52. The summed E-state index contributed by atoms with van der Waals surface area (Å²) in [6, 6.07) is -0.140. The number of nitrogens with one attached hydrogen (secondary N) is 1. The van der Waals surface area contributed by atoms with Crippen LogP contribution >= 0.6 is 0 Å². The van der Waals surface area contributed by atoms with Gasteiger partial charge in [-0.05, 0) is 39.0 Å². The Labute approximate surface area is 127 Å². The molecule has 0 aromatic carbocycles. The van der Waals surface area contributed by atoms with Crippen molar-refractivity contribution in [1.29, 1.82) is 0 Å². The van der Waals surface area contributed by atoms with Gasteiger partial charge in [-0.3, -0.25) is 0 Å². The van der Waals surface area contributed by atoms with E-state index in [1.165, 1.54) is 0 Å². The van der Waals surface area contributed by atoms with Crippen LogP contribution in [-0.4, -0.2) is 49.4 Å². The number of amides is 1. The molecule has 0 aromatic rings. The van der Waals surface area contributed by atoms with Crippen molar-refractivity contribution in [1.82, 2.24) is 9.62 Å². The van der Waals surface area contributed by atoms with Crippen molar-refractivity contribution < 1.29 is 17.9 Å². The fraction of sp³-hybridized carbons (Fsp3) is 0.929. The van der Waals surface area contributed by atoms with Crippen LogP contribution in [-0.2, 0) is 14.8 Å². The molecule has 0 radical (unpaired) electrons. The number of hydrogen-bond donors (Lipinski definition) is 1. The summed E-state index contributed by atoms with van der Waals surface area (Å²) in [5, 5.41) is -0.223. The van der Waals surface area contributed by atoms with Gasteiger partial charge in [0.05, 0.1) is 5.25 Å². The van der Waals surface area contributed by atoms with Crippen LogP contribution in [0.4, 0.5) is 4.79 Å². The van der Waals surface area contributed by atoms with Crippen molar-refractivity contribution in [2.24, 2.45) is 0 Å². The van der Waals surface area contributed by atoms with Gasteiger partial charge < -0.3 is 9.64 Å². The molecule has 0 bridgehead atoms. The van der Waals surface area contributed by atoms with Crippen LogP contribution < -0.4 is 4.72 Å². The molecule has 1 aliphatic heterocycles. The minimum absolute atomic E-state index is 0.0495. The third-order valence-corrected chi connectivity index (χ3v) is 6.30. The highest BCUT2D eigenvalue weighted by atomic mass is 32.2. The quantitative estimate of drug-likeness (QED) is 0.811. The summed E-state index contributed by atoms with van der Waals surface area (Å²) >= 11 is 0. The summed E-state index contributed by atoms with van der Waals surface area (Å²) in [6.45, 7) is 6.24. The fourth-order valence-corrected chi connectivity index (χ4v) is 4.23. The van der Waals surface area contributed by atoms with Gasteiger partial charge in [0.15, 0.2) is 0 Å². The third-order valence-electron chi connectivity index (χ3n) is 4.29. The molecule has 1 heterocycles. The van der Waals surface area contributed by atoms with Crippen LogP contribution in [0.15, 0.2) is 0 Å². The van der Waals surface area contributed by atoms with E-state index in [4.69, 9.17) is 4.74 Å². The minimum Gasteiger partial charge on any atom is -0.446 e. The summed E-state index contributed by atoms with van der Waals surface area (Å²) in [5.41, 5.74) is 0. The zero-order valence-corrected chi connectivity index (χ0v) is 13.9. The lowest BCUT2D eigenvalue weighted by Crippen LogP contribution is -2.41. The van der Waals surface area contributed by atoms with Crippen LogP contribution in [0.5, 0.6) is 0 Å². The summed E-state index contributed by atoms with van der Waals surface area (Å²) < 4.78 is 32.1. The Bertz CT molecular complexity index is 475. The molecule has 1 aliphatic carbocycles. The average molecular weight is 318 g/mol. The van der Waals surface area contributed by atoms with Crippen LogP contribution in [0.1, 0.15) is 52.9 Å². The number of carbonyl (C=O) groups is 1. The maximum atomic E-state index is 12.2. The van der Waals surface area contributed by atoms with Crippen molar-refractivity contribution in [3.8, 4) is 0 Å². The van der Waals surface area contributed by atoms with Gasteiger partial charge in [0, 0.05) is 18.6 Å². The van der Waals surface area contributed by atoms with Crippen molar-refractivity contribution in [2.75, 3.05) is 6.54 Å². The third kappa shape index (κ3) is 4.10. The van der Waals surface area contributed by atoms with Gasteiger partial charge in [-0.25, -0.2) is 17.9 Å². The Kier molecular flexibility index (Phi) is 5.14. The summed E-state index contributed by atoms with van der Waals surface area (Å²) in [7, 11) is -3.21. The number of ether oxygens (including phenoxy) is 1. The number of hydrogen-bond acceptors (Lipinski definition) is 4. The first kappa shape index (κ1) is 16.5. The Balaban J connectivity index is 1.95. The predicted octanol–water partition coefficient (Wildman–Crippen LogP) is 1.86. The van der Waals surface area contributed by atoms with Crippen LogP contribution in [0.25, 0.3) is 0 Å². The van der Waals surface area contributed by atoms with Gasteiger partial charge in [0.1, 0.15) is 6.10 Å². The lowest BCUT2D eigenvalue weighted by atomic mass is 10.1. The normalized spacial score (nSPS) is 27.7. The van der Waals surface area contributed by atoms with E-state index in [2.05, 4.69) is 4.72 Å². The standard InChI is InChI=1S/C14H26N2O4S/c1-4-10(3)20-14(17)16-9-11(8-12(16)5-2)15-21(18,19)13-6-7-13/h10-13,15H,4-9H2,1-3H3/t10?,11-,12+/m0/s1. The van der Waals surface area contributed by atoms with Crippen LogP contribution in [0.2, 0.25) is 0 Å². The highest BCUT2D eigenvalue weighted by Crippen LogP contribution is 2.29. The molecule has 0 spiro atoms. The minimum atomic E-state index is -3.21. The van der Waals surface area contributed by atoms with Crippen molar-refractivity contribution in [2.45, 2.75) is 76.3 Å². The molecular formula is C14H26N2O4S. The molecule has 122 valence electrons. The maximum absolute atomic E-state index is 12.2.